The Morgan fingerprint density at radius 2 is 2.23 bits per heavy atom. The second kappa shape index (κ2) is 10.6. The first-order valence-corrected chi connectivity index (χ1v) is 9.45. The van der Waals surface area contributed by atoms with Gasteiger partial charge in [0.2, 0.25) is 5.88 Å². The summed E-state index contributed by atoms with van der Waals surface area (Å²) in [6.45, 7) is 9.68. The van der Waals surface area contributed by atoms with E-state index in [1.165, 1.54) is 0 Å². The number of piperidine rings is 1. The number of carbonyl (C=O) groups excluding carboxylic acids is 1. The van der Waals surface area contributed by atoms with Gasteiger partial charge in [0.15, 0.2) is 5.96 Å². The van der Waals surface area contributed by atoms with E-state index in [-0.39, 0.29) is 11.9 Å². The molecule has 0 bridgehead atoms. The van der Waals surface area contributed by atoms with Crippen molar-refractivity contribution in [2.45, 2.75) is 40.2 Å². The van der Waals surface area contributed by atoms with Gasteiger partial charge in [0, 0.05) is 31.9 Å². The Morgan fingerprint density at radius 3 is 2.96 bits per heavy atom. The molecular formula is C19H30N4O3. The molecule has 2 rings (SSSR count). The van der Waals surface area contributed by atoms with E-state index >= 15 is 0 Å². The van der Waals surface area contributed by atoms with E-state index < -0.39 is 0 Å². The van der Waals surface area contributed by atoms with Gasteiger partial charge in [-0.2, -0.15) is 0 Å². The minimum absolute atomic E-state index is 0.0851. The lowest BCUT2D eigenvalue weighted by Crippen LogP contribution is -2.48. The summed E-state index contributed by atoms with van der Waals surface area (Å²) in [5.74, 6) is 1.25. The van der Waals surface area contributed by atoms with Gasteiger partial charge in [0.05, 0.1) is 25.7 Å². The Balaban J connectivity index is 2.05. The summed E-state index contributed by atoms with van der Waals surface area (Å²) in [6.07, 6.45) is 3.56. The highest BCUT2D eigenvalue weighted by Crippen LogP contribution is 2.18. The molecule has 1 aromatic rings. The summed E-state index contributed by atoms with van der Waals surface area (Å²) in [5.41, 5.74) is 1.04. The van der Waals surface area contributed by atoms with Crippen LogP contribution in [-0.2, 0) is 16.1 Å². The Morgan fingerprint density at radius 1 is 1.38 bits per heavy atom. The molecule has 144 valence electrons. The number of pyridine rings is 1. The van der Waals surface area contributed by atoms with Crippen molar-refractivity contribution >= 4 is 11.9 Å². The lowest BCUT2D eigenvalue weighted by atomic mass is 9.98. The number of rotatable bonds is 7. The largest absolute Gasteiger partial charge is 0.478 e. The van der Waals surface area contributed by atoms with Gasteiger partial charge in [-0.05, 0) is 45.2 Å². The molecule has 1 aromatic heterocycles. The third-order valence-electron chi connectivity index (χ3n) is 4.18. The second-order valence-corrected chi connectivity index (χ2v) is 6.14. The highest BCUT2D eigenvalue weighted by Gasteiger charge is 2.28. The Bertz CT molecular complexity index is 606. The summed E-state index contributed by atoms with van der Waals surface area (Å²) in [6, 6.07) is 3.85. The molecule has 7 heteroatoms. The van der Waals surface area contributed by atoms with E-state index in [4.69, 9.17) is 14.5 Å². The molecule has 26 heavy (non-hydrogen) atoms. The van der Waals surface area contributed by atoms with Gasteiger partial charge in [-0.25, -0.2) is 9.98 Å². The highest BCUT2D eigenvalue weighted by molar-refractivity contribution is 5.81. The predicted molar refractivity (Wildman–Crippen MR) is 101 cm³/mol. The first-order valence-electron chi connectivity index (χ1n) is 9.45. The zero-order valence-electron chi connectivity index (χ0n) is 16.0. The molecule has 1 unspecified atom stereocenters. The number of carbonyl (C=O) groups is 1. The first kappa shape index (κ1) is 20.0. The van der Waals surface area contributed by atoms with Gasteiger partial charge in [-0.3, -0.25) is 4.79 Å². The van der Waals surface area contributed by atoms with E-state index in [1.54, 1.807) is 6.20 Å². The summed E-state index contributed by atoms with van der Waals surface area (Å²) in [7, 11) is 0. The molecular weight excluding hydrogens is 332 g/mol. The summed E-state index contributed by atoms with van der Waals surface area (Å²) in [5, 5.41) is 3.33. The molecule has 1 aliphatic rings. The van der Waals surface area contributed by atoms with Crippen molar-refractivity contribution in [2.24, 2.45) is 10.9 Å². The summed E-state index contributed by atoms with van der Waals surface area (Å²) >= 11 is 0. The second-order valence-electron chi connectivity index (χ2n) is 6.14. The fourth-order valence-electron chi connectivity index (χ4n) is 2.99. The normalized spacial score (nSPS) is 17.7. The molecule has 2 heterocycles. The van der Waals surface area contributed by atoms with Crippen LogP contribution in [0.15, 0.2) is 23.3 Å². The SMILES string of the molecule is CCNC(=NCc1ccnc(OCC)c1)N1CCCC(C(=O)OCC)C1. The number of nitrogens with one attached hydrogen (secondary N) is 1. The van der Waals surface area contributed by atoms with E-state index in [0.717, 1.165) is 37.5 Å². The Labute approximate surface area is 155 Å². The Kier molecular flexibility index (Phi) is 8.18. The average Bonchev–Trinajstić information content (AvgIpc) is 2.66. The van der Waals surface area contributed by atoms with Crippen molar-refractivity contribution in [1.29, 1.82) is 0 Å². The van der Waals surface area contributed by atoms with Crippen LogP contribution < -0.4 is 10.1 Å². The van der Waals surface area contributed by atoms with Crippen LogP contribution in [0.4, 0.5) is 0 Å². The quantitative estimate of drug-likeness (QED) is 0.455. The van der Waals surface area contributed by atoms with Crippen LogP contribution in [-0.4, -0.2) is 54.7 Å². The lowest BCUT2D eigenvalue weighted by molar-refractivity contribution is -0.149. The van der Waals surface area contributed by atoms with Crippen LogP contribution in [0.5, 0.6) is 5.88 Å². The minimum Gasteiger partial charge on any atom is -0.478 e. The summed E-state index contributed by atoms with van der Waals surface area (Å²) in [4.78, 5) is 23.1. The summed E-state index contributed by atoms with van der Waals surface area (Å²) < 4.78 is 10.6. The number of hydrogen-bond donors (Lipinski definition) is 1. The fraction of sp³-hybridized carbons (Fsp3) is 0.632. The number of nitrogens with zero attached hydrogens (tertiary/aromatic N) is 3. The maximum Gasteiger partial charge on any atom is 0.310 e. The molecule has 0 amide bonds. The number of hydrogen-bond acceptors (Lipinski definition) is 5. The van der Waals surface area contributed by atoms with Gasteiger partial charge >= 0.3 is 5.97 Å². The molecule has 1 saturated heterocycles. The smallest absolute Gasteiger partial charge is 0.310 e. The van der Waals surface area contributed by atoms with Crippen LogP contribution in [0.1, 0.15) is 39.2 Å². The van der Waals surface area contributed by atoms with Crippen molar-refractivity contribution in [3.63, 3.8) is 0 Å². The minimum atomic E-state index is -0.108. The molecule has 0 saturated carbocycles. The van der Waals surface area contributed by atoms with Gasteiger partial charge in [-0.15, -0.1) is 0 Å². The molecule has 1 N–H and O–H groups in total. The topological polar surface area (TPSA) is 76.1 Å². The standard InChI is InChI=1S/C19H30N4O3/c1-4-20-19(22-13-15-9-10-21-17(12-15)25-5-2)23-11-7-8-16(14-23)18(24)26-6-3/h9-10,12,16H,4-8,11,13-14H2,1-3H3,(H,20,22). The van der Waals surface area contributed by atoms with Gasteiger partial charge in [0.25, 0.3) is 0 Å². The van der Waals surface area contributed by atoms with Crippen LogP contribution >= 0.6 is 0 Å². The monoisotopic (exact) mass is 362 g/mol. The fourth-order valence-corrected chi connectivity index (χ4v) is 2.99. The average molecular weight is 362 g/mol. The van der Waals surface area contributed by atoms with Gasteiger partial charge in [0.1, 0.15) is 0 Å². The molecule has 1 atom stereocenters. The molecule has 0 spiro atoms. The number of aliphatic imine (C=N–C) groups is 1. The first-order chi connectivity index (χ1) is 12.7. The van der Waals surface area contributed by atoms with Crippen LogP contribution in [0.2, 0.25) is 0 Å². The number of guanidine groups is 1. The zero-order valence-corrected chi connectivity index (χ0v) is 16.0. The maximum absolute atomic E-state index is 12.1. The van der Waals surface area contributed by atoms with Crippen molar-refractivity contribution < 1.29 is 14.3 Å². The molecule has 0 aromatic carbocycles. The number of esters is 1. The highest BCUT2D eigenvalue weighted by atomic mass is 16.5. The van der Waals surface area contributed by atoms with E-state index in [9.17, 15) is 4.79 Å². The number of ether oxygens (including phenoxy) is 2. The van der Waals surface area contributed by atoms with Gasteiger partial charge < -0.3 is 19.7 Å². The molecule has 0 aliphatic carbocycles. The molecule has 0 radical (unpaired) electrons. The maximum atomic E-state index is 12.1. The van der Waals surface area contributed by atoms with Crippen LogP contribution in [0, 0.1) is 5.92 Å². The number of likely N-dealkylation sites (tertiary alicyclic amines) is 1. The van der Waals surface area contributed by atoms with Crippen molar-refractivity contribution in [3.05, 3.63) is 23.9 Å². The van der Waals surface area contributed by atoms with Crippen molar-refractivity contribution in [2.75, 3.05) is 32.8 Å². The number of aromatic nitrogens is 1. The molecule has 1 aliphatic heterocycles. The third-order valence-corrected chi connectivity index (χ3v) is 4.18. The van der Waals surface area contributed by atoms with Gasteiger partial charge in [-0.1, -0.05) is 0 Å². The van der Waals surface area contributed by atoms with Crippen molar-refractivity contribution in [3.8, 4) is 5.88 Å². The lowest BCUT2D eigenvalue weighted by Gasteiger charge is -2.34. The van der Waals surface area contributed by atoms with E-state index in [2.05, 4.69) is 15.2 Å². The zero-order chi connectivity index (χ0) is 18.8. The van der Waals surface area contributed by atoms with E-state index in [0.29, 0.717) is 32.2 Å². The predicted octanol–water partition coefficient (Wildman–Crippen LogP) is 2.22. The third kappa shape index (κ3) is 5.89. The van der Waals surface area contributed by atoms with Crippen LogP contribution in [0.3, 0.4) is 0 Å². The Hall–Kier alpha value is -2.31. The molecule has 7 nitrogen and oxygen atoms in total. The molecule has 1 fully saturated rings. The van der Waals surface area contributed by atoms with Crippen molar-refractivity contribution in [1.82, 2.24) is 15.2 Å². The van der Waals surface area contributed by atoms with Crippen LogP contribution in [0.25, 0.3) is 0 Å². The van der Waals surface area contributed by atoms with E-state index in [1.807, 2.05) is 32.9 Å².